The number of aromatic nitrogens is 1. The number of anilines is 1. The third-order valence-corrected chi connectivity index (χ3v) is 3.90. The number of carbonyl (C=O) groups excluding carboxylic acids is 2. The van der Waals surface area contributed by atoms with E-state index in [1.165, 1.54) is 31.4 Å². The lowest BCUT2D eigenvalue weighted by atomic mass is 10.0. The van der Waals surface area contributed by atoms with E-state index < -0.39 is 24.7 Å². The van der Waals surface area contributed by atoms with Crippen LogP contribution in [-0.4, -0.2) is 36.8 Å². The second-order valence-corrected chi connectivity index (χ2v) is 6.11. The van der Waals surface area contributed by atoms with E-state index in [-0.39, 0.29) is 17.1 Å². The Hall–Kier alpha value is -2.97. The number of aryl methyl sites for hydroxylation is 1. The topological polar surface area (TPSA) is 80.4 Å². The SMILES string of the molecule is CCCc1c(C(=O)Nc2cccc(OCC(F)(F)F)c2)[nH]c(C)c1C(=O)OC. The molecule has 9 heteroatoms. The number of carbonyl (C=O) groups is 2. The molecule has 1 amide bonds. The van der Waals surface area contributed by atoms with Crippen LogP contribution in [0.15, 0.2) is 24.3 Å². The number of alkyl halides is 3. The van der Waals surface area contributed by atoms with Crippen molar-refractivity contribution in [2.75, 3.05) is 19.0 Å². The van der Waals surface area contributed by atoms with Crippen molar-refractivity contribution in [3.05, 3.63) is 46.8 Å². The van der Waals surface area contributed by atoms with E-state index in [4.69, 9.17) is 4.74 Å². The molecule has 0 aliphatic carbocycles. The van der Waals surface area contributed by atoms with Crippen molar-refractivity contribution in [2.24, 2.45) is 0 Å². The first kappa shape index (κ1) is 21.3. The average Bonchev–Trinajstić information content (AvgIpc) is 2.96. The highest BCUT2D eigenvalue weighted by molar-refractivity contribution is 6.07. The van der Waals surface area contributed by atoms with Gasteiger partial charge in [-0.2, -0.15) is 13.2 Å². The van der Waals surface area contributed by atoms with Crippen molar-refractivity contribution < 1.29 is 32.2 Å². The number of esters is 1. The van der Waals surface area contributed by atoms with Crippen LogP contribution in [0.4, 0.5) is 18.9 Å². The molecule has 0 saturated carbocycles. The molecule has 2 N–H and O–H groups in total. The summed E-state index contributed by atoms with van der Waals surface area (Å²) in [6.45, 7) is 2.14. The van der Waals surface area contributed by atoms with Crippen LogP contribution in [0.25, 0.3) is 0 Å². The lowest BCUT2D eigenvalue weighted by Gasteiger charge is -2.11. The molecule has 0 fully saturated rings. The summed E-state index contributed by atoms with van der Waals surface area (Å²) in [4.78, 5) is 27.6. The smallest absolute Gasteiger partial charge is 0.422 e. The Morgan fingerprint density at radius 1 is 1.25 bits per heavy atom. The summed E-state index contributed by atoms with van der Waals surface area (Å²) in [5.41, 5.74) is 1.83. The lowest BCUT2D eigenvalue weighted by Crippen LogP contribution is -2.19. The molecule has 0 radical (unpaired) electrons. The Bertz CT molecular complexity index is 859. The number of hydrogen-bond acceptors (Lipinski definition) is 4. The standard InChI is InChI=1S/C19H21F3N2O4/c1-4-6-14-15(18(26)27-3)11(2)23-16(14)17(25)24-12-7-5-8-13(9-12)28-10-19(20,21)22/h5,7-9,23H,4,6,10H2,1-3H3,(H,24,25). The minimum absolute atomic E-state index is 0.0261. The molecule has 6 nitrogen and oxygen atoms in total. The molecule has 1 aromatic heterocycles. The van der Waals surface area contributed by atoms with E-state index in [1.807, 2.05) is 6.92 Å². The van der Waals surface area contributed by atoms with E-state index >= 15 is 0 Å². The van der Waals surface area contributed by atoms with Gasteiger partial charge in [-0.25, -0.2) is 4.79 Å². The number of methoxy groups -OCH3 is 1. The van der Waals surface area contributed by atoms with Gasteiger partial charge < -0.3 is 19.8 Å². The zero-order valence-corrected chi connectivity index (χ0v) is 15.7. The first-order valence-electron chi connectivity index (χ1n) is 8.57. The largest absolute Gasteiger partial charge is 0.484 e. The summed E-state index contributed by atoms with van der Waals surface area (Å²) >= 11 is 0. The summed E-state index contributed by atoms with van der Waals surface area (Å²) < 4.78 is 46.3. The van der Waals surface area contributed by atoms with E-state index in [9.17, 15) is 22.8 Å². The molecule has 0 unspecified atom stereocenters. The summed E-state index contributed by atoms with van der Waals surface area (Å²) in [7, 11) is 1.26. The number of hydrogen-bond donors (Lipinski definition) is 2. The number of amides is 1. The van der Waals surface area contributed by atoms with Gasteiger partial charge in [-0.05, 0) is 31.0 Å². The van der Waals surface area contributed by atoms with Gasteiger partial charge in [-0.15, -0.1) is 0 Å². The third kappa shape index (κ3) is 5.28. The molecular formula is C19H21F3N2O4. The Morgan fingerprint density at radius 2 is 1.96 bits per heavy atom. The average molecular weight is 398 g/mol. The van der Waals surface area contributed by atoms with Gasteiger partial charge in [-0.3, -0.25) is 4.79 Å². The molecule has 0 atom stereocenters. The Kier molecular flexibility index (Phi) is 6.71. The zero-order valence-electron chi connectivity index (χ0n) is 15.7. The van der Waals surface area contributed by atoms with Gasteiger partial charge in [0.2, 0.25) is 0 Å². The van der Waals surface area contributed by atoms with Gasteiger partial charge in [-0.1, -0.05) is 19.4 Å². The van der Waals surface area contributed by atoms with Crippen molar-refractivity contribution >= 4 is 17.6 Å². The number of rotatable bonds is 7. The second kappa shape index (κ2) is 8.81. The highest BCUT2D eigenvalue weighted by Gasteiger charge is 2.28. The maximum Gasteiger partial charge on any atom is 0.422 e. The first-order valence-corrected chi connectivity index (χ1v) is 8.57. The molecule has 0 aliphatic rings. The molecule has 1 heterocycles. The van der Waals surface area contributed by atoms with Crippen molar-refractivity contribution in [3.63, 3.8) is 0 Å². The van der Waals surface area contributed by atoms with E-state index in [0.717, 1.165) is 0 Å². The Balaban J connectivity index is 2.24. The molecule has 0 bridgehead atoms. The van der Waals surface area contributed by atoms with Crippen LogP contribution in [0, 0.1) is 6.92 Å². The van der Waals surface area contributed by atoms with Gasteiger partial charge in [0.05, 0.1) is 12.7 Å². The number of ether oxygens (including phenoxy) is 2. The zero-order chi connectivity index (χ0) is 20.9. The quantitative estimate of drug-likeness (QED) is 0.683. The molecule has 0 spiro atoms. The number of H-pyrrole nitrogens is 1. The fraction of sp³-hybridized carbons (Fsp3) is 0.368. The normalized spacial score (nSPS) is 11.2. The van der Waals surface area contributed by atoms with Crippen LogP contribution in [0.3, 0.4) is 0 Å². The number of benzene rings is 1. The first-order chi connectivity index (χ1) is 13.2. The molecular weight excluding hydrogens is 377 g/mol. The van der Waals surface area contributed by atoms with Gasteiger partial charge in [0.15, 0.2) is 6.61 Å². The van der Waals surface area contributed by atoms with Crippen molar-refractivity contribution in [2.45, 2.75) is 32.9 Å². The van der Waals surface area contributed by atoms with Crippen molar-refractivity contribution in [3.8, 4) is 5.75 Å². The summed E-state index contributed by atoms with van der Waals surface area (Å²) in [5.74, 6) is -1.09. The second-order valence-electron chi connectivity index (χ2n) is 6.11. The van der Waals surface area contributed by atoms with Gasteiger partial charge in [0.1, 0.15) is 11.4 Å². The number of aromatic amines is 1. The van der Waals surface area contributed by atoms with Gasteiger partial charge >= 0.3 is 12.1 Å². The number of halogens is 3. The summed E-state index contributed by atoms with van der Waals surface area (Å²) in [6, 6.07) is 5.64. The molecule has 1 aromatic carbocycles. The van der Waals surface area contributed by atoms with E-state index in [0.29, 0.717) is 29.7 Å². The predicted octanol–water partition coefficient (Wildman–Crippen LogP) is 4.26. The predicted molar refractivity (Wildman–Crippen MR) is 96.8 cm³/mol. The summed E-state index contributed by atoms with van der Waals surface area (Å²) in [5, 5.41) is 2.61. The van der Waals surface area contributed by atoms with Crippen molar-refractivity contribution in [1.29, 1.82) is 0 Å². The highest BCUT2D eigenvalue weighted by atomic mass is 19.4. The van der Waals surface area contributed by atoms with Crippen LogP contribution < -0.4 is 10.1 Å². The molecule has 2 rings (SSSR count). The van der Waals surface area contributed by atoms with Gasteiger partial charge in [0.25, 0.3) is 5.91 Å². The third-order valence-electron chi connectivity index (χ3n) is 3.90. The van der Waals surface area contributed by atoms with Crippen LogP contribution >= 0.6 is 0 Å². The summed E-state index contributed by atoms with van der Waals surface area (Å²) in [6.07, 6.45) is -3.28. The van der Waals surface area contributed by atoms with Crippen LogP contribution in [0.1, 0.15) is 45.4 Å². The highest BCUT2D eigenvalue weighted by Crippen LogP contribution is 2.25. The molecule has 28 heavy (non-hydrogen) atoms. The maximum atomic E-state index is 12.7. The van der Waals surface area contributed by atoms with Crippen LogP contribution in [-0.2, 0) is 11.2 Å². The van der Waals surface area contributed by atoms with Crippen molar-refractivity contribution in [1.82, 2.24) is 4.98 Å². The van der Waals surface area contributed by atoms with E-state index in [2.05, 4.69) is 15.0 Å². The Labute approximate surface area is 160 Å². The minimum atomic E-state index is -4.46. The fourth-order valence-corrected chi connectivity index (χ4v) is 2.77. The number of nitrogens with one attached hydrogen (secondary N) is 2. The Morgan fingerprint density at radius 3 is 2.57 bits per heavy atom. The van der Waals surface area contributed by atoms with Gasteiger partial charge in [0, 0.05) is 17.4 Å². The lowest BCUT2D eigenvalue weighted by molar-refractivity contribution is -0.153. The molecule has 0 saturated heterocycles. The van der Waals surface area contributed by atoms with Crippen LogP contribution in [0.5, 0.6) is 5.75 Å². The molecule has 152 valence electrons. The van der Waals surface area contributed by atoms with E-state index in [1.54, 1.807) is 6.92 Å². The molecule has 2 aromatic rings. The van der Waals surface area contributed by atoms with Crippen LogP contribution in [0.2, 0.25) is 0 Å². The monoisotopic (exact) mass is 398 g/mol. The molecule has 0 aliphatic heterocycles. The maximum absolute atomic E-state index is 12.7. The minimum Gasteiger partial charge on any atom is -0.484 e. The fourth-order valence-electron chi connectivity index (χ4n) is 2.77.